The average molecular weight is 315 g/mol. The summed E-state index contributed by atoms with van der Waals surface area (Å²) in [5.74, 6) is 0. The molecule has 0 fully saturated rings. The highest BCUT2D eigenvalue weighted by Crippen LogP contribution is 2.29. The first-order valence-electron chi connectivity index (χ1n) is 8.54. The van der Waals surface area contributed by atoms with Crippen LogP contribution in [0.5, 0.6) is 0 Å². The van der Waals surface area contributed by atoms with Gasteiger partial charge in [0.15, 0.2) is 0 Å². The third-order valence-corrected chi connectivity index (χ3v) is 4.17. The van der Waals surface area contributed by atoms with E-state index in [9.17, 15) is 0 Å². The Balaban J connectivity index is 1.94. The summed E-state index contributed by atoms with van der Waals surface area (Å²) in [7, 11) is 0. The lowest BCUT2D eigenvalue weighted by atomic mass is 9.87. The van der Waals surface area contributed by atoms with Gasteiger partial charge >= 0.3 is 0 Å². The fourth-order valence-electron chi connectivity index (χ4n) is 3.02. The third kappa shape index (κ3) is 3.91. The Bertz CT molecular complexity index is 809. The molecule has 0 unspecified atom stereocenters. The van der Waals surface area contributed by atoms with Crippen LogP contribution in [0.1, 0.15) is 31.9 Å². The summed E-state index contributed by atoms with van der Waals surface area (Å²) < 4.78 is 0. The first-order chi connectivity index (χ1) is 11.4. The summed E-state index contributed by atoms with van der Waals surface area (Å²) in [5.41, 5.74) is 7.60. The molecule has 0 radical (unpaired) electrons. The van der Waals surface area contributed by atoms with E-state index in [2.05, 4.69) is 87.3 Å². The summed E-state index contributed by atoms with van der Waals surface area (Å²) in [6, 6.07) is 21.5. The zero-order chi connectivity index (χ0) is 17.2. The van der Waals surface area contributed by atoms with Crippen LogP contribution < -0.4 is 0 Å². The van der Waals surface area contributed by atoms with Crippen LogP contribution in [0.3, 0.4) is 0 Å². The molecule has 1 nitrogen and oxygen atoms in total. The summed E-state index contributed by atoms with van der Waals surface area (Å²) in [4.78, 5) is 4.60. The molecule has 0 atom stereocenters. The maximum atomic E-state index is 4.60. The maximum absolute atomic E-state index is 4.60. The molecule has 0 N–H and O–H groups in total. The highest BCUT2D eigenvalue weighted by atomic mass is 14.7. The van der Waals surface area contributed by atoms with Gasteiger partial charge in [-0.2, -0.15) is 0 Å². The van der Waals surface area contributed by atoms with Gasteiger partial charge in [-0.3, -0.25) is 4.98 Å². The van der Waals surface area contributed by atoms with Crippen LogP contribution in [0.15, 0.2) is 66.9 Å². The Morgan fingerprint density at radius 1 is 0.833 bits per heavy atom. The normalized spacial score (nSPS) is 11.5. The lowest BCUT2D eigenvalue weighted by molar-refractivity contribution is 0.411. The highest BCUT2D eigenvalue weighted by Gasteiger charge is 2.12. The molecule has 122 valence electrons. The van der Waals surface area contributed by atoms with E-state index in [1.165, 1.54) is 22.3 Å². The van der Waals surface area contributed by atoms with Crippen LogP contribution in [0, 0.1) is 12.3 Å². The van der Waals surface area contributed by atoms with Gasteiger partial charge in [0.1, 0.15) is 0 Å². The van der Waals surface area contributed by atoms with Crippen LogP contribution in [-0.4, -0.2) is 4.98 Å². The number of aryl methyl sites for hydroxylation is 1. The maximum Gasteiger partial charge on any atom is 0.0708 e. The SMILES string of the molecule is Cc1cnc(-c2ccccc2)cc1-c1ccc(CC(C)(C)C)cc1. The number of hydrogen-bond donors (Lipinski definition) is 0. The lowest BCUT2D eigenvalue weighted by Gasteiger charge is -2.18. The Kier molecular flexibility index (Phi) is 4.53. The Hall–Kier alpha value is -2.41. The van der Waals surface area contributed by atoms with Gasteiger partial charge in [-0.15, -0.1) is 0 Å². The third-order valence-electron chi connectivity index (χ3n) is 4.17. The molecule has 2 aromatic carbocycles. The van der Waals surface area contributed by atoms with Crippen LogP contribution in [0.4, 0.5) is 0 Å². The van der Waals surface area contributed by atoms with Crippen LogP contribution in [0.2, 0.25) is 0 Å². The molecule has 0 saturated carbocycles. The number of rotatable bonds is 3. The van der Waals surface area contributed by atoms with Gasteiger partial charge in [0, 0.05) is 11.8 Å². The fraction of sp³-hybridized carbons (Fsp3) is 0.261. The molecular weight excluding hydrogens is 290 g/mol. The molecule has 0 aliphatic rings. The van der Waals surface area contributed by atoms with Gasteiger partial charge in [-0.1, -0.05) is 75.4 Å². The van der Waals surface area contributed by atoms with Crippen molar-refractivity contribution < 1.29 is 0 Å². The van der Waals surface area contributed by atoms with Crippen molar-refractivity contribution in [1.29, 1.82) is 0 Å². The van der Waals surface area contributed by atoms with E-state index in [0.717, 1.165) is 17.7 Å². The van der Waals surface area contributed by atoms with Crippen molar-refractivity contribution in [3.63, 3.8) is 0 Å². The molecule has 0 bridgehead atoms. The van der Waals surface area contributed by atoms with Crippen LogP contribution in [-0.2, 0) is 6.42 Å². The summed E-state index contributed by atoms with van der Waals surface area (Å²) in [5, 5.41) is 0. The number of benzene rings is 2. The van der Waals surface area contributed by atoms with Crippen molar-refractivity contribution >= 4 is 0 Å². The summed E-state index contributed by atoms with van der Waals surface area (Å²) >= 11 is 0. The number of pyridine rings is 1. The Morgan fingerprint density at radius 3 is 2.12 bits per heavy atom. The molecule has 24 heavy (non-hydrogen) atoms. The second-order valence-electron chi connectivity index (χ2n) is 7.68. The molecule has 3 rings (SSSR count). The summed E-state index contributed by atoms with van der Waals surface area (Å²) in [6.45, 7) is 8.96. The Morgan fingerprint density at radius 2 is 1.50 bits per heavy atom. The molecule has 0 aliphatic carbocycles. The average Bonchev–Trinajstić information content (AvgIpc) is 2.56. The smallest absolute Gasteiger partial charge is 0.0708 e. The molecular formula is C23H25N. The van der Waals surface area contributed by atoms with Gasteiger partial charge in [-0.05, 0) is 47.1 Å². The molecule has 0 spiro atoms. The minimum absolute atomic E-state index is 0.314. The van der Waals surface area contributed by atoms with E-state index < -0.39 is 0 Å². The quantitative estimate of drug-likeness (QED) is 0.551. The molecule has 0 aliphatic heterocycles. The van der Waals surface area contributed by atoms with Crippen LogP contribution >= 0.6 is 0 Å². The van der Waals surface area contributed by atoms with E-state index in [1.54, 1.807) is 0 Å². The molecule has 3 aromatic rings. The fourth-order valence-corrected chi connectivity index (χ4v) is 3.02. The Labute approximate surface area is 145 Å². The predicted molar refractivity (Wildman–Crippen MR) is 103 cm³/mol. The van der Waals surface area contributed by atoms with E-state index in [4.69, 9.17) is 0 Å². The van der Waals surface area contributed by atoms with Gasteiger partial charge in [0.25, 0.3) is 0 Å². The number of hydrogen-bond acceptors (Lipinski definition) is 1. The van der Waals surface area contributed by atoms with E-state index in [1.807, 2.05) is 12.3 Å². The van der Waals surface area contributed by atoms with Crippen molar-refractivity contribution in [2.45, 2.75) is 34.1 Å². The molecule has 1 aromatic heterocycles. The predicted octanol–water partition coefficient (Wildman–Crippen LogP) is 6.31. The zero-order valence-electron chi connectivity index (χ0n) is 15.0. The molecule has 1 heterocycles. The number of nitrogens with zero attached hydrogens (tertiary/aromatic N) is 1. The van der Waals surface area contributed by atoms with E-state index in [0.29, 0.717) is 5.41 Å². The van der Waals surface area contributed by atoms with E-state index in [-0.39, 0.29) is 0 Å². The van der Waals surface area contributed by atoms with Crippen molar-refractivity contribution in [2.75, 3.05) is 0 Å². The second-order valence-corrected chi connectivity index (χ2v) is 7.68. The highest BCUT2D eigenvalue weighted by molar-refractivity contribution is 5.73. The molecule has 1 heteroatoms. The van der Waals surface area contributed by atoms with Gasteiger partial charge in [0.05, 0.1) is 5.69 Å². The monoisotopic (exact) mass is 315 g/mol. The molecule has 0 amide bonds. The minimum Gasteiger partial charge on any atom is -0.256 e. The first-order valence-corrected chi connectivity index (χ1v) is 8.54. The van der Waals surface area contributed by atoms with E-state index >= 15 is 0 Å². The zero-order valence-corrected chi connectivity index (χ0v) is 15.0. The van der Waals surface area contributed by atoms with Gasteiger partial charge in [0.2, 0.25) is 0 Å². The summed E-state index contributed by atoms with van der Waals surface area (Å²) in [6.07, 6.45) is 3.07. The minimum atomic E-state index is 0.314. The van der Waals surface area contributed by atoms with Crippen molar-refractivity contribution in [1.82, 2.24) is 4.98 Å². The van der Waals surface area contributed by atoms with Crippen molar-refractivity contribution in [3.8, 4) is 22.4 Å². The topological polar surface area (TPSA) is 12.9 Å². The van der Waals surface area contributed by atoms with Gasteiger partial charge in [-0.25, -0.2) is 0 Å². The van der Waals surface area contributed by atoms with Crippen molar-refractivity contribution in [3.05, 3.63) is 78.0 Å². The first kappa shape index (κ1) is 16.4. The lowest BCUT2D eigenvalue weighted by Crippen LogP contribution is -2.08. The van der Waals surface area contributed by atoms with Crippen LogP contribution in [0.25, 0.3) is 22.4 Å². The number of aromatic nitrogens is 1. The van der Waals surface area contributed by atoms with Crippen molar-refractivity contribution in [2.24, 2.45) is 5.41 Å². The van der Waals surface area contributed by atoms with Gasteiger partial charge < -0.3 is 0 Å². The standard InChI is InChI=1S/C23H25N/c1-17-16-24-22(20-8-6-5-7-9-20)14-21(17)19-12-10-18(11-13-19)15-23(2,3)4/h5-14,16H,15H2,1-4H3. The molecule has 0 saturated heterocycles. The largest absolute Gasteiger partial charge is 0.256 e. The second kappa shape index (κ2) is 6.60.